The fourth-order valence-corrected chi connectivity index (χ4v) is 8.71. The van der Waals surface area contributed by atoms with Crippen LogP contribution in [-0.4, -0.2) is 19.5 Å². The Morgan fingerprint density at radius 1 is 0.333 bits per heavy atom. The summed E-state index contributed by atoms with van der Waals surface area (Å²) in [7, 11) is 0. The normalized spacial score (nSPS) is 11.7. The largest absolute Gasteiger partial charge is 0.455 e. The van der Waals surface area contributed by atoms with Crippen LogP contribution in [0.3, 0.4) is 0 Å². The lowest BCUT2D eigenvalue weighted by molar-refractivity contribution is 0.670. The van der Waals surface area contributed by atoms with Gasteiger partial charge in [-0.1, -0.05) is 152 Å². The fraction of sp³-hybridized carbons (Fsp3) is 0. The molecular weight excluding hydrogens is 733 g/mol. The molecule has 0 aliphatic carbocycles. The molecule has 0 unspecified atom stereocenters. The highest BCUT2D eigenvalue weighted by Crippen LogP contribution is 2.42. The van der Waals surface area contributed by atoms with Gasteiger partial charge in [-0.3, -0.25) is 0 Å². The van der Waals surface area contributed by atoms with Gasteiger partial charge in [0.1, 0.15) is 11.2 Å². The van der Waals surface area contributed by atoms with Crippen molar-refractivity contribution in [1.82, 2.24) is 19.5 Å². The summed E-state index contributed by atoms with van der Waals surface area (Å²) in [5, 5.41) is 6.97. The van der Waals surface area contributed by atoms with Gasteiger partial charge in [0.05, 0.1) is 11.0 Å². The number of fused-ring (bicyclic) bond motifs is 7. The Morgan fingerprint density at radius 2 is 0.867 bits per heavy atom. The Balaban J connectivity index is 1.03. The monoisotopic (exact) mass is 766 g/mol. The van der Waals surface area contributed by atoms with E-state index in [0.29, 0.717) is 17.5 Å². The highest BCUT2D eigenvalue weighted by atomic mass is 16.3. The Labute approximate surface area is 345 Å². The summed E-state index contributed by atoms with van der Waals surface area (Å²) < 4.78 is 9.18. The van der Waals surface area contributed by atoms with E-state index in [2.05, 4.69) is 150 Å². The van der Waals surface area contributed by atoms with Crippen molar-refractivity contribution in [1.29, 1.82) is 0 Å². The van der Waals surface area contributed by atoms with Crippen molar-refractivity contribution in [3.8, 4) is 62.1 Å². The second-order valence-electron chi connectivity index (χ2n) is 15.2. The Kier molecular flexibility index (Phi) is 7.78. The van der Waals surface area contributed by atoms with Gasteiger partial charge in [-0.15, -0.1) is 0 Å². The zero-order valence-electron chi connectivity index (χ0n) is 32.3. The van der Waals surface area contributed by atoms with Crippen LogP contribution in [0.2, 0.25) is 0 Å². The molecule has 0 spiro atoms. The van der Waals surface area contributed by atoms with E-state index in [-0.39, 0.29) is 0 Å². The fourth-order valence-electron chi connectivity index (χ4n) is 8.71. The van der Waals surface area contributed by atoms with Crippen LogP contribution in [0.4, 0.5) is 0 Å². The summed E-state index contributed by atoms with van der Waals surface area (Å²) in [6.07, 6.45) is 0. The predicted molar refractivity (Wildman–Crippen MR) is 246 cm³/mol. The number of nitrogens with zero attached hydrogens (tertiary/aromatic N) is 4. The molecule has 0 atom stereocenters. The first-order chi connectivity index (χ1) is 29.7. The third-order valence-corrected chi connectivity index (χ3v) is 11.6. The Morgan fingerprint density at radius 3 is 1.52 bits per heavy atom. The van der Waals surface area contributed by atoms with E-state index < -0.39 is 0 Å². The smallest absolute Gasteiger partial charge is 0.164 e. The molecule has 5 nitrogen and oxygen atoms in total. The molecule has 0 saturated heterocycles. The molecule has 0 aliphatic heterocycles. The molecular formula is C55H34N4O. The number of para-hydroxylation sites is 2. The number of hydrogen-bond acceptors (Lipinski definition) is 4. The van der Waals surface area contributed by atoms with Crippen LogP contribution in [-0.2, 0) is 0 Å². The van der Waals surface area contributed by atoms with Crippen LogP contribution in [0, 0.1) is 0 Å². The number of rotatable bonds is 6. The van der Waals surface area contributed by atoms with E-state index in [1.165, 1.54) is 27.2 Å². The molecule has 0 fully saturated rings. The molecule has 0 saturated carbocycles. The molecule has 12 aromatic rings. The van der Waals surface area contributed by atoms with Gasteiger partial charge in [0, 0.05) is 49.5 Å². The average molecular weight is 767 g/mol. The standard InChI is InChI=1S/C55H34N4O/c1-3-14-36(15-4-1)53-56-54(37-16-5-2-6-17-37)58-55(57-53)41-21-13-20-38(30-41)42-32-46(52-48(33-42)47-31-39-18-7-8-19-40(39)34-51(47)60-52)35-26-28-43(29-27-35)59-49-24-11-9-22-44(49)45-23-10-12-25-50(45)59/h1-34H. The highest BCUT2D eigenvalue weighted by Gasteiger charge is 2.19. The van der Waals surface area contributed by atoms with E-state index in [0.717, 1.165) is 72.0 Å². The van der Waals surface area contributed by atoms with E-state index in [1.54, 1.807) is 0 Å². The molecule has 0 radical (unpaired) electrons. The molecule has 3 aromatic heterocycles. The molecule has 60 heavy (non-hydrogen) atoms. The number of furan rings is 1. The van der Waals surface area contributed by atoms with Gasteiger partial charge in [-0.25, -0.2) is 15.0 Å². The van der Waals surface area contributed by atoms with Crippen LogP contribution < -0.4 is 0 Å². The molecule has 280 valence electrons. The van der Waals surface area contributed by atoms with Crippen molar-refractivity contribution < 1.29 is 4.42 Å². The van der Waals surface area contributed by atoms with E-state index >= 15 is 0 Å². The third-order valence-electron chi connectivity index (χ3n) is 11.6. The van der Waals surface area contributed by atoms with Crippen LogP contribution in [0.1, 0.15) is 0 Å². The van der Waals surface area contributed by atoms with Crippen LogP contribution in [0.25, 0.3) is 117 Å². The van der Waals surface area contributed by atoms with Gasteiger partial charge in [0.15, 0.2) is 17.5 Å². The molecule has 5 heteroatoms. The maximum absolute atomic E-state index is 6.83. The number of aromatic nitrogens is 4. The summed E-state index contributed by atoms with van der Waals surface area (Å²) in [5.74, 6) is 1.89. The summed E-state index contributed by atoms with van der Waals surface area (Å²) in [6, 6.07) is 72.3. The minimum Gasteiger partial charge on any atom is -0.455 e. The molecule has 0 bridgehead atoms. The van der Waals surface area contributed by atoms with Crippen molar-refractivity contribution in [2.45, 2.75) is 0 Å². The van der Waals surface area contributed by atoms with E-state index in [4.69, 9.17) is 19.4 Å². The highest BCUT2D eigenvalue weighted by molar-refractivity contribution is 6.15. The van der Waals surface area contributed by atoms with Crippen molar-refractivity contribution in [3.05, 3.63) is 206 Å². The van der Waals surface area contributed by atoms with Gasteiger partial charge in [0.25, 0.3) is 0 Å². The summed E-state index contributed by atoms with van der Waals surface area (Å²) in [4.78, 5) is 15.0. The summed E-state index contributed by atoms with van der Waals surface area (Å²) in [5.41, 5.74) is 12.2. The summed E-state index contributed by atoms with van der Waals surface area (Å²) >= 11 is 0. The number of hydrogen-bond donors (Lipinski definition) is 0. The molecule has 0 amide bonds. The van der Waals surface area contributed by atoms with E-state index in [9.17, 15) is 0 Å². The minimum atomic E-state index is 0.617. The van der Waals surface area contributed by atoms with Crippen molar-refractivity contribution in [3.63, 3.8) is 0 Å². The maximum Gasteiger partial charge on any atom is 0.164 e. The number of benzene rings is 9. The molecule has 0 aliphatic rings. The third kappa shape index (κ3) is 5.67. The van der Waals surface area contributed by atoms with Gasteiger partial charge in [-0.05, 0) is 82.1 Å². The Bertz CT molecular complexity index is 3480. The van der Waals surface area contributed by atoms with Crippen LogP contribution >= 0.6 is 0 Å². The second-order valence-corrected chi connectivity index (χ2v) is 15.2. The van der Waals surface area contributed by atoms with Gasteiger partial charge in [0.2, 0.25) is 0 Å². The average Bonchev–Trinajstić information content (AvgIpc) is 3.86. The zero-order chi connectivity index (χ0) is 39.6. The second kappa shape index (κ2) is 13.8. The molecule has 3 heterocycles. The predicted octanol–water partition coefficient (Wildman–Crippen LogP) is 14.4. The lowest BCUT2D eigenvalue weighted by Gasteiger charge is -2.12. The van der Waals surface area contributed by atoms with Crippen LogP contribution in [0.5, 0.6) is 0 Å². The van der Waals surface area contributed by atoms with Crippen molar-refractivity contribution in [2.24, 2.45) is 0 Å². The van der Waals surface area contributed by atoms with Gasteiger partial charge < -0.3 is 8.98 Å². The Hall–Kier alpha value is -8.15. The lowest BCUT2D eigenvalue weighted by Crippen LogP contribution is -2.00. The first-order valence-electron chi connectivity index (χ1n) is 20.2. The first kappa shape index (κ1) is 33.9. The van der Waals surface area contributed by atoms with E-state index in [1.807, 2.05) is 60.7 Å². The minimum absolute atomic E-state index is 0.617. The van der Waals surface area contributed by atoms with Crippen LogP contribution in [0.15, 0.2) is 211 Å². The van der Waals surface area contributed by atoms with Crippen molar-refractivity contribution >= 4 is 54.5 Å². The maximum atomic E-state index is 6.83. The lowest BCUT2D eigenvalue weighted by atomic mass is 9.94. The van der Waals surface area contributed by atoms with Gasteiger partial charge >= 0.3 is 0 Å². The van der Waals surface area contributed by atoms with Gasteiger partial charge in [-0.2, -0.15) is 0 Å². The SMILES string of the molecule is c1ccc(-c2nc(-c3ccccc3)nc(-c3cccc(-c4cc(-c5ccc(-n6c7ccccc7c7ccccc76)cc5)c5oc6cc7ccccc7cc6c5c4)c3)n2)cc1. The quantitative estimate of drug-likeness (QED) is 0.169. The molecule has 12 rings (SSSR count). The van der Waals surface area contributed by atoms with Crippen molar-refractivity contribution in [2.75, 3.05) is 0 Å². The zero-order valence-corrected chi connectivity index (χ0v) is 32.3. The summed E-state index contributed by atoms with van der Waals surface area (Å²) in [6.45, 7) is 0. The molecule has 9 aromatic carbocycles. The first-order valence-corrected chi connectivity index (χ1v) is 20.2. The topological polar surface area (TPSA) is 56.7 Å². The molecule has 0 N–H and O–H groups in total.